The van der Waals surface area contributed by atoms with Gasteiger partial charge in [-0.05, 0) is 63.2 Å². The van der Waals surface area contributed by atoms with Crippen molar-refractivity contribution in [3.05, 3.63) is 71.2 Å². The molecule has 0 aliphatic carbocycles. The number of rotatable bonds is 5. The van der Waals surface area contributed by atoms with Crippen LogP contribution in [0.3, 0.4) is 0 Å². The van der Waals surface area contributed by atoms with E-state index in [0.29, 0.717) is 0 Å². The van der Waals surface area contributed by atoms with Crippen LogP contribution in [0.5, 0.6) is 0 Å². The molecular weight excluding hydrogens is 380 g/mol. The van der Waals surface area contributed by atoms with E-state index in [1.165, 1.54) is 11.3 Å². The second-order valence-corrected chi connectivity index (χ2v) is 8.38. The van der Waals surface area contributed by atoms with Crippen molar-refractivity contribution in [1.82, 2.24) is 9.78 Å². The van der Waals surface area contributed by atoms with Crippen molar-refractivity contribution >= 4 is 44.5 Å². The maximum absolute atomic E-state index is 13.3. The van der Waals surface area contributed by atoms with Crippen LogP contribution in [0.15, 0.2) is 60.7 Å². The number of para-hydroxylation sites is 1. The van der Waals surface area contributed by atoms with Gasteiger partial charge in [-0.3, -0.25) is 9.48 Å². The van der Waals surface area contributed by atoms with Crippen LogP contribution in [0.25, 0.3) is 10.2 Å². The van der Waals surface area contributed by atoms with Gasteiger partial charge in [0.2, 0.25) is 0 Å². The van der Waals surface area contributed by atoms with Crippen molar-refractivity contribution in [1.29, 1.82) is 0 Å². The molecule has 0 saturated heterocycles. The zero-order valence-electron chi connectivity index (χ0n) is 17.0. The van der Waals surface area contributed by atoms with Gasteiger partial charge in [0.1, 0.15) is 4.83 Å². The molecule has 0 aliphatic rings. The van der Waals surface area contributed by atoms with E-state index < -0.39 is 0 Å². The first-order valence-corrected chi connectivity index (χ1v) is 10.4. The molecule has 4 aromatic rings. The van der Waals surface area contributed by atoms with E-state index in [0.717, 1.165) is 37.8 Å². The van der Waals surface area contributed by atoms with E-state index in [4.69, 9.17) is 0 Å². The SMILES string of the molecule is Cc1nn(C)c2sc(C(=O)N(c3ccc(Nc4ccccc4)cc3)C(C)C)cc12. The molecule has 0 spiro atoms. The van der Waals surface area contributed by atoms with Crippen LogP contribution < -0.4 is 10.2 Å². The number of aryl methyl sites for hydroxylation is 2. The van der Waals surface area contributed by atoms with E-state index >= 15 is 0 Å². The summed E-state index contributed by atoms with van der Waals surface area (Å²) in [6.07, 6.45) is 0. The number of fused-ring (bicyclic) bond motifs is 1. The Labute approximate surface area is 174 Å². The summed E-state index contributed by atoms with van der Waals surface area (Å²) in [5, 5.41) is 8.85. The fourth-order valence-electron chi connectivity index (χ4n) is 3.47. The lowest BCUT2D eigenvalue weighted by Gasteiger charge is -2.26. The van der Waals surface area contributed by atoms with Gasteiger partial charge in [0.05, 0.1) is 10.6 Å². The highest BCUT2D eigenvalue weighted by atomic mass is 32.1. The number of nitrogens with one attached hydrogen (secondary N) is 1. The standard InChI is InChI=1S/C23H24N4OS/c1-15(2)27(22(28)21-14-20-16(3)25-26(4)23(20)29-21)19-12-10-18(11-13-19)24-17-8-6-5-7-9-17/h5-15,24H,1-4H3. The Hall–Kier alpha value is -3.12. The number of hydrogen-bond acceptors (Lipinski definition) is 4. The van der Waals surface area contributed by atoms with Gasteiger partial charge in [0, 0.05) is 35.5 Å². The van der Waals surface area contributed by atoms with Crippen molar-refractivity contribution in [2.45, 2.75) is 26.8 Å². The number of benzene rings is 2. The molecule has 0 unspecified atom stereocenters. The number of nitrogens with zero attached hydrogens (tertiary/aromatic N) is 3. The molecule has 0 atom stereocenters. The number of thiophene rings is 1. The molecule has 148 valence electrons. The van der Waals surface area contributed by atoms with Gasteiger partial charge in [0.25, 0.3) is 5.91 Å². The summed E-state index contributed by atoms with van der Waals surface area (Å²) in [6, 6.07) is 20.0. The fourth-order valence-corrected chi connectivity index (χ4v) is 4.53. The van der Waals surface area contributed by atoms with Gasteiger partial charge < -0.3 is 10.2 Å². The zero-order valence-corrected chi connectivity index (χ0v) is 17.8. The summed E-state index contributed by atoms with van der Waals surface area (Å²) in [7, 11) is 1.92. The van der Waals surface area contributed by atoms with E-state index in [1.54, 1.807) is 0 Å². The molecule has 2 aromatic heterocycles. The molecular formula is C23H24N4OS. The highest BCUT2D eigenvalue weighted by Gasteiger charge is 2.24. The van der Waals surface area contributed by atoms with Crippen molar-refractivity contribution < 1.29 is 4.79 Å². The van der Waals surface area contributed by atoms with Crippen LogP contribution in [0.1, 0.15) is 29.2 Å². The van der Waals surface area contributed by atoms with Crippen molar-refractivity contribution in [3.63, 3.8) is 0 Å². The summed E-state index contributed by atoms with van der Waals surface area (Å²) in [6.45, 7) is 6.05. The molecule has 0 radical (unpaired) electrons. The second-order valence-electron chi connectivity index (χ2n) is 7.35. The van der Waals surface area contributed by atoms with Crippen LogP contribution in [-0.4, -0.2) is 21.7 Å². The summed E-state index contributed by atoms with van der Waals surface area (Å²) in [5.74, 6) is 0.0179. The van der Waals surface area contributed by atoms with E-state index in [1.807, 2.05) is 98.1 Å². The number of anilines is 3. The maximum atomic E-state index is 13.3. The average Bonchev–Trinajstić information content (AvgIpc) is 3.25. The predicted molar refractivity (Wildman–Crippen MR) is 121 cm³/mol. The Bertz CT molecular complexity index is 1110. The topological polar surface area (TPSA) is 50.2 Å². The molecule has 0 saturated carbocycles. The minimum absolute atomic E-state index is 0.0179. The first kappa shape index (κ1) is 19.2. The van der Waals surface area contributed by atoms with Crippen LogP contribution in [0.2, 0.25) is 0 Å². The Balaban J connectivity index is 1.61. The first-order valence-electron chi connectivity index (χ1n) is 9.63. The third-order valence-corrected chi connectivity index (χ3v) is 6.04. The summed E-state index contributed by atoms with van der Waals surface area (Å²) in [5.41, 5.74) is 3.85. The lowest BCUT2D eigenvalue weighted by Crippen LogP contribution is -2.36. The van der Waals surface area contributed by atoms with Crippen molar-refractivity contribution in [2.75, 3.05) is 10.2 Å². The van der Waals surface area contributed by atoms with Crippen LogP contribution in [0.4, 0.5) is 17.1 Å². The highest BCUT2D eigenvalue weighted by molar-refractivity contribution is 7.20. The molecule has 1 N–H and O–H groups in total. The first-order chi connectivity index (χ1) is 13.9. The van der Waals surface area contributed by atoms with E-state index in [9.17, 15) is 4.79 Å². The lowest BCUT2D eigenvalue weighted by atomic mass is 10.2. The predicted octanol–water partition coefficient (Wildman–Crippen LogP) is 5.74. The van der Waals surface area contributed by atoms with Gasteiger partial charge in [0.15, 0.2) is 0 Å². The molecule has 2 aromatic carbocycles. The van der Waals surface area contributed by atoms with E-state index in [2.05, 4.69) is 10.4 Å². The maximum Gasteiger partial charge on any atom is 0.268 e. The normalized spacial score (nSPS) is 11.2. The van der Waals surface area contributed by atoms with Gasteiger partial charge in [-0.25, -0.2) is 0 Å². The minimum Gasteiger partial charge on any atom is -0.356 e. The zero-order chi connectivity index (χ0) is 20.5. The molecule has 4 rings (SSSR count). The smallest absolute Gasteiger partial charge is 0.268 e. The van der Waals surface area contributed by atoms with Crippen LogP contribution in [0, 0.1) is 6.92 Å². The Morgan fingerprint density at radius 2 is 1.72 bits per heavy atom. The van der Waals surface area contributed by atoms with Gasteiger partial charge in [-0.2, -0.15) is 5.10 Å². The molecule has 0 aliphatic heterocycles. The number of hydrogen-bond donors (Lipinski definition) is 1. The number of amides is 1. The second kappa shape index (κ2) is 7.72. The van der Waals surface area contributed by atoms with Crippen LogP contribution >= 0.6 is 11.3 Å². The quantitative estimate of drug-likeness (QED) is 0.461. The molecule has 1 amide bonds. The largest absolute Gasteiger partial charge is 0.356 e. The molecule has 6 heteroatoms. The van der Waals surface area contributed by atoms with Gasteiger partial charge in [-0.15, -0.1) is 11.3 Å². The molecule has 5 nitrogen and oxygen atoms in total. The van der Waals surface area contributed by atoms with Gasteiger partial charge >= 0.3 is 0 Å². The summed E-state index contributed by atoms with van der Waals surface area (Å²) < 4.78 is 1.84. The van der Waals surface area contributed by atoms with Crippen LogP contribution in [-0.2, 0) is 7.05 Å². The number of carbonyl (C=O) groups excluding carboxylic acids is 1. The third kappa shape index (κ3) is 3.76. The lowest BCUT2D eigenvalue weighted by molar-refractivity contribution is 0.0984. The Morgan fingerprint density at radius 3 is 2.34 bits per heavy atom. The van der Waals surface area contributed by atoms with Gasteiger partial charge in [-0.1, -0.05) is 18.2 Å². The summed E-state index contributed by atoms with van der Waals surface area (Å²) >= 11 is 1.50. The minimum atomic E-state index is 0.0179. The number of carbonyl (C=O) groups is 1. The van der Waals surface area contributed by atoms with Crippen molar-refractivity contribution in [2.24, 2.45) is 7.05 Å². The Morgan fingerprint density at radius 1 is 1.07 bits per heavy atom. The highest BCUT2D eigenvalue weighted by Crippen LogP contribution is 2.31. The fraction of sp³-hybridized carbons (Fsp3) is 0.217. The Kier molecular flexibility index (Phi) is 5.11. The van der Waals surface area contributed by atoms with Crippen molar-refractivity contribution in [3.8, 4) is 0 Å². The average molecular weight is 405 g/mol. The third-order valence-electron chi connectivity index (χ3n) is 4.85. The monoisotopic (exact) mass is 404 g/mol. The summed E-state index contributed by atoms with van der Waals surface area (Å²) in [4.78, 5) is 16.9. The molecule has 0 bridgehead atoms. The molecule has 2 heterocycles. The molecule has 29 heavy (non-hydrogen) atoms. The molecule has 0 fully saturated rings. The number of aromatic nitrogens is 2. The van der Waals surface area contributed by atoms with E-state index in [-0.39, 0.29) is 11.9 Å².